The molecule has 1 aliphatic heterocycles. The van der Waals surface area contributed by atoms with Crippen LogP contribution in [-0.2, 0) is 11.3 Å². The Hall–Kier alpha value is -1.62. The molecular formula is C15H21FN2O2. The second-order valence-electron chi connectivity index (χ2n) is 5.27. The van der Waals surface area contributed by atoms with Crippen LogP contribution in [0, 0.1) is 5.82 Å². The van der Waals surface area contributed by atoms with Crippen LogP contribution in [0.1, 0.15) is 25.3 Å². The fraction of sp³-hybridized carbons (Fsp3) is 0.533. The first-order valence-electron chi connectivity index (χ1n) is 6.94. The number of halogens is 1. The van der Waals surface area contributed by atoms with Gasteiger partial charge in [-0.15, -0.1) is 0 Å². The van der Waals surface area contributed by atoms with Crippen LogP contribution in [0.25, 0.3) is 0 Å². The van der Waals surface area contributed by atoms with E-state index in [9.17, 15) is 9.18 Å². The number of nitrogens with zero attached hydrogens (tertiary/aromatic N) is 1. The second-order valence-corrected chi connectivity index (χ2v) is 5.27. The van der Waals surface area contributed by atoms with Crippen molar-refractivity contribution in [2.24, 2.45) is 0 Å². The van der Waals surface area contributed by atoms with Crippen LogP contribution in [0.2, 0.25) is 0 Å². The number of amides is 2. The molecule has 0 radical (unpaired) electrons. The van der Waals surface area contributed by atoms with Gasteiger partial charge in [-0.1, -0.05) is 12.1 Å². The van der Waals surface area contributed by atoms with Gasteiger partial charge >= 0.3 is 6.03 Å². The topological polar surface area (TPSA) is 41.6 Å². The number of rotatable bonds is 4. The van der Waals surface area contributed by atoms with Gasteiger partial charge in [0.05, 0.1) is 12.1 Å². The Morgan fingerprint density at radius 1 is 1.50 bits per heavy atom. The van der Waals surface area contributed by atoms with Crippen molar-refractivity contribution in [3.05, 3.63) is 35.6 Å². The SMILES string of the molecule is CC(NC(=O)N(C)Cc1ccc(F)cc1)C1CCCO1. The van der Waals surface area contributed by atoms with Crippen molar-refractivity contribution < 1.29 is 13.9 Å². The highest BCUT2D eigenvalue weighted by Gasteiger charge is 2.24. The lowest BCUT2D eigenvalue weighted by molar-refractivity contribution is 0.0838. The van der Waals surface area contributed by atoms with E-state index in [0.717, 1.165) is 25.0 Å². The molecule has 2 atom stereocenters. The minimum atomic E-state index is -0.271. The van der Waals surface area contributed by atoms with Gasteiger partial charge in [-0.3, -0.25) is 0 Å². The fourth-order valence-electron chi connectivity index (χ4n) is 2.33. The number of carbonyl (C=O) groups excluding carboxylic acids is 1. The minimum absolute atomic E-state index is 0.000618. The Morgan fingerprint density at radius 3 is 2.80 bits per heavy atom. The molecule has 1 aliphatic rings. The number of hydrogen-bond donors (Lipinski definition) is 1. The monoisotopic (exact) mass is 280 g/mol. The molecule has 1 fully saturated rings. The molecule has 0 bridgehead atoms. The van der Waals surface area contributed by atoms with E-state index in [4.69, 9.17) is 4.74 Å². The molecule has 0 aromatic heterocycles. The van der Waals surface area contributed by atoms with Gasteiger partial charge in [0.15, 0.2) is 0 Å². The maximum Gasteiger partial charge on any atom is 0.317 e. The molecule has 20 heavy (non-hydrogen) atoms. The van der Waals surface area contributed by atoms with Gasteiger partial charge < -0.3 is 15.0 Å². The van der Waals surface area contributed by atoms with Crippen molar-refractivity contribution in [2.75, 3.05) is 13.7 Å². The van der Waals surface area contributed by atoms with Crippen molar-refractivity contribution >= 4 is 6.03 Å². The minimum Gasteiger partial charge on any atom is -0.376 e. The third kappa shape index (κ3) is 3.93. The van der Waals surface area contributed by atoms with Crippen LogP contribution >= 0.6 is 0 Å². The molecule has 5 heteroatoms. The summed E-state index contributed by atoms with van der Waals surface area (Å²) >= 11 is 0. The smallest absolute Gasteiger partial charge is 0.317 e. The van der Waals surface area contributed by atoms with E-state index in [2.05, 4.69) is 5.32 Å². The summed E-state index contributed by atoms with van der Waals surface area (Å²) in [5.41, 5.74) is 0.897. The van der Waals surface area contributed by atoms with Crippen molar-refractivity contribution in [3.63, 3.8) is 0 Å². The molecule has 1 saturated heterocycles. The maximum absolute atomic E-state index is 12.8. The average Bonchev–Trinajstić information content (AvgIpc) is 2.95. The van der Waals surface area contributed by atoms with E-state index in [1.807, 2.05) is 6.92 Å². The molecule has 0 saturated carbocycles. The summed E-state index contributed by atoms with van der Waals surface area (Å²) in [5, 5.41) is 2.94. The Kier molecular flexibility index (Phi) is 4.95. The molecule has 2 rings (SSSR count). The molecule has 110 valence electrons. The van der Waals surface area contributed by atoms with Crippen LogP contribution < -0.4 is 5.32 Å². The van der Waals surface area contributed by atoms with Gasteiger partial charge in [-0.05, 0) is 37.5 Å². The van der Waals surface area contributed by atoms with Gasteiger partial charge in [-0.2, -0.15) is 0 Å². The molecule has 1 aromatic carbocycles. The van der Waals surface area contributed by atoms with E-state index in [-0.39, 0.29) is 24.0 Å². The van der Waals surface area contributed by atoms with E-state index in [0.29, 0.717) is 6.54 Å². The molecule has 1 heterocycles. The summed E-state index contributed by atoms with van der Waals surface area (Å²) in [6.45, 7) is 3.18. The van der Waals surface area contributed by atoms with Gasteiger partial charge in [0.25, 0.3) is 0 Å². The quantitative estimate of drug-likeness (QED) is 0.921. The van der Waals surface area contributed by atoms with Gasteiger partial charge in [0.2, 0.25) is 0 Å². The lowest BCUT2D eigenvalue weighted by Gasteiger charge is -2.24. The first kappa shape index (κ1) is 14.8. The van der Waals surface area contributed by atoms with E-state index in [1.54, 1.807) is 24.1 Å². The van der Waals surface area contributed by atoms with E-state index >= 15 is 0 Å². The van der Waals surface area contributed by atoms with Gasteiger partial charge in [-0.25, -0.2) is 9.18 Å². The Labute approximate surface area is 118 Å². The lowest BCUT2D eigenvalue weighted by Crippen LogP contribution is -2.46. The van der Waals surface area contributed by atoms with Crippen molar-refractivity contribution in [1.82, 2.24) is 10.2 Å². The normalized spacial score (nSPS) is 19.6. The largest absolute Gasteiger partial charge is 0.376 e. The van der Waals surface area contributed by atoms with E-state index in [1.165, 1.54) is 12.1 Å². The van der Waals surface area contributed by atoms with Gasteiger partial charge in [0.1, 0.15) is 5.82 Å². The number of benzene rings is 1. The van der Waals surface area contributed by atoms with Crippen LogP contribution in [-0.4, -0.2) is 36.7 Å². The molecule has 0 aliphatic carbocycles. The number of urea groups is 1. The molecule has 1 N–H and O–H groups in total. The Morgan fingerprint density at radius 2 is 2.20 bits per heavy atom. The van der Waals surface area contributed by atoms with Crippen LogP contribution in [0.15, 0.2) is 24.3 Å². The summed E-state index contributed by atoms with van der Waals surface area (Å²) in [6.07, 6.45) is 2.15. The summed E-state index contributed by atoms with van der Waals surface area (Å²) in [6, 6.07) is 6.02. The summed E-state index contributed by atoms with van der Waals surface area (Å²) in [4.78, 5) is 13.6. The van der Waals surface area contributed by atoms with Crippen LogP contribution in [0.4, 0.5) is 9.18 Å². The number of carbonyl (C=O) groups is 1. The lowest BCUT2D eigenvalue weighted by atomic mass is 10.1. The summed E-state index contributed by atoms with van der Waals surface area (Å²) < 4.78 is 18.4. The van der Waals surface area contributed by atoms with Crippen molar-refractivity contribution in [1.29, 1.82) is 0 Å². The third-order valence-corrected chi connectivity index (χ3v) is 3.55. The van der Waals surface area contributed by atoms with Crippen molar-refractivity contribution in [2.45, 2.75) is 38.5 Å². The number of hydrogen-bond acceptors (Lipinski definition) is 2. The summed E-state index contributed by atoms with van der Waals surface area (Å²) in [7, 11) is 1.72. The zero-order valence-corrected chi connectivity index (χ0v) is 11.9. The van der Waals surface area contributed by atoms with E-state index < -0.39 is 0 Å². The Bertz CT molecular complexity index is 444. The highest BCUT2D eigenvalue weighted by Crippen LogP contribution is 2.15. The van der Waals surface area contributed by atoms with Crippen molar-refractivity contribution in [3.8, 4) is 0 Å². The molecular weight excluding hydrogens is 259 g/mol. The number of ether oxygens (including phenoxy) is 1. The Balaban J connectivity index is 1.83. The second kappa shape index (κ2) is 6.70. The standard InChI is InChI=1S/C15H21FN2O2/c1-11(14-4-3-9-20-14)17-15(19)18(2)10-12-5-7-13(16)8-6-12/h5-8,11,14H,3-4,9-10H2,1-2H3,(H,17,19). The zero-order chi connectivity index (χ0) is 14.5. The maximum atomic E-state index is 12.8. The molecule has 1 aromatic rings. The molecule has 4 nitrogen and oxygen atoms in total. The first-order valence-corrected chi connectivity index (χ1v) is 6.94. The predicted octanol–water partition coefficient (Wildman–Crippen LogP) is 2.53. The average molecular weight is 280 g/mol. The molecule has 2 amide bonds. The van der Waals surface area contributed by atoms with Crippen LogP contribution in [0.5, 0.6) is 0 Å². The highest BCUT2D eigenvalue weighted by atomic mass is 19.1. The number of nitrogens with one attached hydrogen (secondary N) is 1. The first-order chi connectivity index (χ1) is 9.56. The molecule has 2 unspecified atom stereocenters. The predicted molar refractivity (Wildman–Crippen MR) is 74.8 cm³/mol. The fourth-order valence-corrected chi connectivity index (χ4v) is 2.33. The van der Waals surface area contributed by atoms with Crippen LogP contribution in [0.3, 0.4) is 0 Å². The highest BCUT2D eigenvalue weighted by molar-refractivity contribution is 5.74. The zero-order valence-electron chi connectivity index (χ0n) is 11.9. The molecule has 0 spiro atoms. The third-order valence-electron chi connectivity index (χ3n) is 3.55. The summed E-state index contributed by atoms with van der Waals surface area (Å²) in [5.74, 6) is -0.271. The van der Waals surface area contributed by atoms with Gasteiger partial charge in [0, 0.05) is 20.2 Å².